The first-order valence-corrected chi connectivity index (χ1v) is 8.21. The molecular weight excluding hydrogens is 264 g/mol. The van der Waals surface area contributed by atoms with Crippen LogP contribution in [0.25, 0.3) is 0 Å². The van der Waals surface area contributed by atoms with Crippen molar-refractivity contribution in [3.05, 3.63) is 12.2 Å². The lowest BCUT2D eigenvalue weighted by Crippen LogP contribution is -2.59. The largest absolute Gasteiger partial charge is 0.373 e. The van der Waals surface area contributed by atoms with Gasteiger partial charge in [0.15, 0.2) is 0 Å². The predicted octanol–water partition coefficient (Wildman–Crippen LogP) is 2.35. The van der Waals surface area contributed by atoms with Crippen molar-refractivity contribution in [3.8, 4) is 0 Å². The van der Waals surface area contributed by atoms with Crippen LogP contribution in [-0.4, -0.2) is 48.2 Å². The molecule has 0 spiro atoms. The summed E-state index contributed by atoms with van der Waals surface area (Å²) in [5.74, 6) is 0.370. The Morgan fingerprint density at radius 1 is 1.29 bits per heavy atom. The number of hydrogen-bond acceptors (Lipinski definition) is 3. The van der Waals surface area contributed by atoms with Crippen molar-refractivity contribution in [1.29, 1.82) is 0 Å². The fourth-order valence-corrected chi connectivity index (χ4v) is 3.26. The van der Waals surface area contributed by atoms with Crippen LogP contribution >= 0.6 is 0 Å². The van der Waals surface area contributed by atoms with E-state index in [1.54, 1.807) is 0 Å². The molecule has 4 heteroatoms. The fourth-order valence-electron chi connectivity index (χ4n) is 3.26. The van der Waals surface area contributed by atoms with Crippen LogP contribution in [0, 0.1) is 5.92 Å². The summed E-state index contributed by atoms with van der Waals surface area (Å²) >= 11 is 0. The molecule has 2 rings (SSSR count). The van der Waals surface area contributed by atoms with E-state index in [9.17, 15) is 4.79 Å². The Hall–Kier alpha value is -0.870. The molecule has 4 nitrogen and oxygen atoms in total. The molecule has 0 aromatic carbocycles. The molecule has 0 radical (unpaired) electrons. The van der Waals surface area contributed by atoms with Gasteiger partial charge in [-0.15, -0.1) is 0 Å². The Morgan fingerprint density at radius 2 is 1.95 bits per heavy atom. The van der Waals surface area contributed by atoms with Crippen LogP contribution < -0.4 is 5.32 Å². The second-order valence-corrected chi connectivity index (χ2v) is 7.17. The number of carbonyl (C=O) groups is 1. The van der Waals surface area contributed by atoms with Crippen LogP contribution in [0.5, 0.6) is 0 Å². The minimum atomic E-state index is -0.0353. The van der Waals surface area contributed by atoms with E-state index in [0.717, 1.165) is 32.4 Å². The molecule has 1 fully saturated rings. The summed E-state index contributed by atoms with van der Waals surface area (Å²) in [7, 11) is 0. The Morgan fingerprint density at radius 3 is 2.52 bits per heavy atom. The maximum absolute atomic E-state index is 12.3. The highest BCUT2D eigenvalue weighted by Gasteiger charge is 2.33. The van der Waals surface area contributed by atoms with Gasteiger partial charge in [0.25, 0.3) is 0 Å². The lowest BCUT2D eigenvalue weighted by molar-refractivity contribution is -0.126. The van der Waals surface area contributed by atoms with E-state index in [4.69, 9.17) is 4.74 Å². The van der Waals surface area contributed by atoms with Crippen molar-refractivity contribution in [2.75, 3.05) is 19.6 Å². The van der Waals surface area contributed by atoms with E-state index in [-0.39, 0.29) is 29.6 Å². The number of morpholine rings is 1. The van der Waals surface area contributed by atoms with Crippen LogP contribution in [0.4, 0.5) is 0 Å². The SMILES string of the molecule is C[C@@H]1CN(C(C)(C)CNC(=O)[C@H]2CC=CCC2)C[C@H](C)O1. The van der Waals surface area contributed by atoms with Gasteiger partial charge in [-0.2, -0.15) is 0 Å². The van der Waals surface area contributed by atoms with Gasteiger partial charge >= 0.3 is 0 Å². The van der Waals surface area contributed by atoms with Gasteiger partial charge in [0, 0.05) is 31.1 Å². The van der Waals surface area contributed by atoms with Gasteiger partial charge in [0.05, 0.1) is 12.2 Å². The minimum Gasteiger partial charge on any atom is -0.373 e. The molecule has 1 saturated heterocycles. The van der Waals surface area contributed by atoms with Crippen molar-refractivity contribution in [2.45, 2.75) is 64.7 Å². The fraction of sp³-hybridized carbons (Fsp3) is 0.824. The van der Waals surface area contributed by atoms with E-state index in [1.807, 2.05) is 0 Å². The zero-order chi connectivity index (χ0) is 15.5. The molecule has 21 heavy (non-hydrogen) atoms. The summed E-state index contributed by atoms with van der Waals surface area (Å²) in [6.07, 6.45) is 7.71. The average Bonchev–Trinajstić information content (AvgIpc) is 2.45. The Balaban J connectivity index is 1.85. The van der Waals surface area contributed by atoms with Gasteiger partial charge in [-0.1, -0.05) is 12.2 Å². The predicted molar refractivity (Wildman–Crippen MR) is 85.2 cm³/mol. The molecule has 1 N–H and O–H groups in total. The Bertz CT molecular complexity index is 382. The summed E-state index contributed by atoms with van der Waals surface area (Å²) in [6, 6.07) is 0. The van der Waals surface area contributed by atoms with E-state index in [0.29, 0.717) is 6.54 Å². The number of rotatable bonds is 4. The zero-order valence-electron chi connectivity index (χ0n) is 13.9. The number of allylic oxidation sites excluding steroid dienone is 2. The maximum Gasteiger partial charge on any atom is 0.223 e. The third-order valence-electron chi connectivity index (χ3n) is 4.61. The number of hydrogen-bond donors (Lipinski definition) is 1. The van der Waals surface area contributed by atoms with Crippen LogP contribution in [-0.2, 0) is 9.53 Å². The van der Waals surface area contributed by atoms with E-state index < -0.39 is 0 Å². The molecule has 1 amide bonds. The highest BCUT2D eigenvalue weighted by Crippen LogP contribution is 2.22. The normalized spacial score (nSPS) is 31.1. The standard InChI is InChI=1S/C17H30N2O2/c1-13-10-19(11-14(2)21-13)17(3,4)12-18-16(20)15-8-6-5-7-9-15/h5-6,13-15H,7-12H2,1-4H3,(H,18,20)/t13-,14+,15-/m0/s1. The maximum atomic E-state index is 12.3. The summed E-state index contributed by atoms with van der Waals surface area (Å²) in [4.78, 5) is 14.7. The smallest absolute Gasteiger partial charge is 0.223 e. The summed E-state index contributed by atoms with van der Waals surface area (Å²) < 4.78 is 5.80. The molecule has 0 aromatic heterocycles. The third-order valence-corrected chi connectivity index (χ3v) is 4.61. The van der Waals surface area contributed by atoms with Gasteiger partial charge in [-0.05, 0) is 47.0 Å². The molecule has 0 bridgehead atoms. The van der Waals surface area contributed by atoms with Gasteiger partial charge in [0.1, 0.15) is 0 Å². The molecule has 1 heterocycles. The summed E-state index contributed by atoms with van der Waals surface area (Å²) in [5.41, 5.74) is -0.0353. The molecule has 3 atom stereocenters. The van der Waals surface area contributed by atoms with Gasteiger partial charge in [0.2, 0.25) is 5.91 Å². The van der Waals surface area contributed by atoms with Gasteiger partial charge < -0.3 is 10.1 Å². The van der Waals surface area contributed by atoms with Gasteiger partial charge in [-0.3, -0.25) is 9.69 Å². The minimum absolute atomic E-state index is 0.0353. The van der Waals surface area contributed by atoms with E-state index in [1.165, 1.54) is 0 Å². The van der Waals surface area contributed by atoms with Crippen molar-refractivity contribution in [3.63, 3.8) is 0 Å². The van der Waals surface area contributed by atoms with Crippen LogP contribution in [0.2, 0.25) is 0 Å². The number of nitrogens with one attached hydrogen (secondary N) is 1. The van der Waals surface area contributed by atoms with E-state index in [2.05, 4.69) is 50.1 Å². The van der Waals surface area contributed by atoms with Crippen molar-refractivity contribution < 1.29 is 9.53 Å². The molecule has 0 aromatic rings. The molecule has 0 saturated carbocycles. The second-order valence-electron chi connectivity index (χ2n) is 7.17. The second kappa shape index (κ2) is 6.93. The lowest BCUT2D eigenvalue weighted by atomic mass is 9.93. The van der Waals surface area contributed by atoms with Crippen LogP contribution in [0.1, 0.15) is 47.0 Å². The zero-order valence-corrected chi connectivity index (χ0v) is 13.9. The first-order chi connectivity index (χ1) is 9.88. The molecule has 2 aliphatic rings. The van der Waals surface area contributed by atoms with Gasteiger partial charge in [-0.25, -0.2) is 0 Å². The first-order valence-electron chi connectivity index (χ1n) is 8.21. The van der Waals surface area contributed by atoms with Crippen molar-refractivity contribution in [2.24, 2.45) is 5.92 Å². The molecule has 0 unspecified atom stereocenters. The summed E-state index contributed by atoms with van der Waals surface area (Å²) in [6.45, 7) is 11.2. The topological polar surface area (TPSA) is 41.6 Å². The number of nitrogens with zero attached hydrogens (tertiary/aromatic N) is 1. The Labute approximate surface area is 128 Å². The van der Waals surface area contributed by atoms with Crippen LogP contribution in [0.15, 0.2) is 12.2 Å². The average molecular weight is 294 g/mol. The Kier molecular flexibility index (Phi) is 5.44. The highest BCUT2D eigenvalue weighted by atomic mass is 16.5. The quantitative estimate of drug-likeness (QED) is 0.809. The lowest BCUT2D eigenvalue weighted by Gasteiger charge is -2.45. The molecular formula is C17H30N2O2. The van der Waals surface area contributed by atoms with Crippen molar-refractivity contribution in [1.82, 2.24) is 10.2 Å². The molecule has 1 aliphatic carbocycles. The number of carbonyl (C=O) groups excluding carboxylic acids is 1. The third kappa shape index (κ3) is 4.55. The number of ether oxygens (including phenoxy) is 1. The molecule has 120 valence electrons. The summed E-state index contributed by atoms with van der Waals surface area (Å²) in [5, 5.41) is 3.16. The van der Waals surface area contributed by atoms with E-state index >= 15 is 0 Å². The van der Waals surface area contributed by atoms with Crippen LogP contribution in [0.3, 0.4) is 0 Å². The number of amides is 1. The van der Waals surface area contributed by atoms with Crippen molar-refractivity contribution >= 4 is 5.91 Å². The monoisotopic (exact) mass is 294 g/mol. The molecule has 1 aliphatic heterocycles. The highest BCUT2D eigenvalue weighted by molar-refractivity contribution is 5.79. The first kappa shape index (κ1) is 16.5.